The van der Waals surface area contributed by atoms with Gasteiger partial charge in [-0.2, -0.15) is 11.8 Å². The second-order valence-corrected chi connectivity index (χ2v) is 6.23. The van der Waals surface area contributed by atoms with Gasteiger partial charge in [-0.25, -0.2) is 0 Å². The molecule has 5 heteroatoms. The van der Waals surface area contributed by atoms with Crippen molar-refractivity contribution >= 4 is 23.6 Å². The predicted octanol–water partition coefficient (Wildman–Crippen LogP) is 3.24. The molecule has 0 heterocycles. The van der Waals surface area contributed by atoms with Crippen LogP contribution in [-0.4, -0.2) is 18.1 Å². The van der Waals surface area contributed by atoms with Gasteiger partial charge in [0.2, 0.25) is 0 Å². The molecule has 2 aromatic carbocycles. The molecule has 0 radical (unpaired) electrons. The van der Waals surface area contributed by atoms with Gasteiger partial charge in [0.15, 0.2) is 0 Å². The summed E-state index contributed by atoms with van der Waals surface area (Å²) in [6, 6.07) is 12.9. The van der Waals surface area contributed by atoms with Crippen LogP contribution in [0, 0.1) is 13.8 Å². The molecule has 0 unspecified atom stereocenters. The Hall–Kier alpha value is -2.27. The third kappa shape index (κ3) is 4.60. The third-order valence-electron chi connectivity index (χ3n) is 3.42. The third-order valence-corrected chi connectivity index (χ3v) is 4.04. The molecular weight excluding hydrogens is 308 g/mol. The minimum absolute atomic E-state index is 0.323. The molecule has 0 bridgehead atoms. The number of amides is 2. The largest absolute Gasteiger partial charge is 0.269 e. The Kier molecular flexibility index (Phi) is 5.82. The summed E-state index contributed by atoms with van der Waals surface area (Å²) in [6.45, 7) is 3.84. The predicted molar refractivity (Wildman–Crippen MR) is 94.5 cm³/mol. The molecule has 0 fully saturated rings. The smallest absolute Gasteiger partial charge is 0.267 e. The van der Waals surface area contributed by atoms with Crippen molar-refractivity contribution in [1.29, 1.82) is 0 Å². The van der Waals surface area contributed by atoms with E-state index in [-0.39, 0.29) is 11.8 Å². The zero-order valence-electron chi connectivity index (χ0n) is 13.5. The highest BCUT2D eigenvalue weighted by Gasteiger charge is 2.11. The van der Waals surface area contributed by atoms with Crippen LogP contribution < -0.4 is 10.9 Å². The first kappa shape index (κ1) is 17.1. The van der Waals surface area contributed by atoms with Crippen molar-refractivity contribution < 1.29 is 9.59 Å². The van der Waals surface area contributed by atoms with Crippen LogP contribution in [0.4, 0.5) is 0 Å². The fourth-order valence-corrected chi connectivity index (χ4v) is 2.80. The molecule has 0 spiro atoms. The molecule has 2 amide bonds. The van der Waals surface area contributed by atoms with E-state index >= 15 is 0 Å². The number of rotatable bonds is 4. The Morgan fingerprint density at radius 2 is 1.74 bits per heavy atom. The van der Waals surface area contributed by atoms with Crippen molar-refractivity contribution in [3.8, 4) is 0 Å². The summed E-state index contributed by atoms with van der Waals surface area (Å²) in [4.78, 5) is 24.3. The SMILES string of the molecule is CSCc1cccc(C(=O)NNC(=O)c2ccc(C)cc2C)c1. The van der Waals surface area contributed by atoms with Gasteiger partial charge in [-0.1, -0.05) is 29.8 Å². The van der Waals surface area contributed by atoms with Gasteiger partial charge in [0.05, 0.1) is 0 Å². The molecule has 0 aliphatic heterocycles. The van der Waals surface area contributed by atoms with Crippen LogP contribution in [0.5, 0.6) is 0 Å². The van der Waals surface area contributed by atoms with Gasteiger partial charge >= 0.3 is 0 Å². The average molecular weight is 328 g/mol. The van der Waals surface area contributed by atoms with Crippen LogP contribution in [0.1, 0.15) is 37.4 Å². The first-order valence-electron chi connectivity index (χ1n) is 7.27. The van der Waals surface area contributed by atoms with Crippen LogP contribution >= 0.6 is 11.8 Å². The van der Waals surface area contributed by atoms with E-state index in [1.54, 1.807) is 23.9 Å². The maximum absolute atomic E-state index is 12.2. The molecule has 0 aromatic heterocycles. The summed E-state index contributed by atoms with van der Waals surface area (Å²) in [7, 11) is 0. The lowest BCUT2D eigenvalue weighted by Crippen LogP contribution is -2.41. The van der Waals surface area contributed by atoms with Crippen LogP contribution in [0.2, 0.25) is 0 Å². The number of benzene rings is 2. The summed E-state index contributed by atoms with van der Waals surface area (Å²) < 4.78 is 0. The summed E-state index contributed by atoms with van der Waals surface area (Å²) in [5, 5.41) is 0. The number of hydrogen-bond acceptors (Lipinski definition) is 3. The van der Waals surface area contributed by atoms with E-state index < -0.39 is 0 Å². The number of hydrogen-bond donors (Lipinski definition) is 2. The van der Waals surface area contributed by atoms with Crippen molar-refractivity contribution in [3.63, 3.8) is 0 Å². The Bertz CT molecular complexity index is 729. The lowest BCUT2D eigenvalue weighted by Gasteiger charge is -2.10. The standard InChI is InChI=1S/C18H20N2O2S/c1-12-7-8-16(13(2)9-12)18(22)20-19-17(21)15-6-4-5-14(10-15)11-23-3/h4-10H,11H2,1-3H3,(H,19,21)(H,20,22). The molecule has 0 saturated heterocycles. The number of carbonyl (C=O) groups excluding carboxylic acids is 2. The molecular formula is C18H20N2O2S. The summed E-state index contributed by atoms with van der Waals surface area (Å²) in [5.74, 6) is 0.193. The normalized spacial score (nSPS) is 10.2. The second kappa shape index (κ2) is 7.83. The fourth-order valence-electron chi connectivity index (χ4n) is 2.29. The van der Waals surface area contributed by atoms with Crippen molar-refractivity contribution in [1.82, 2.24) is 10.9 Å². The first-order chi connectivity index (χ1) is 11.0. The fraction of sp³-hybridized carbons (Fsp3) is 0.222. The quantitative estimate of drug-likeness (QED) is 0.847. The highest BCUT2D eigenvalue weighted by molar-refractivity contribution is 7.97. The molecule has 0 atom stereocenters. The van der Waals surface area contributed by atoms with Crippen LogP contribution in [-0.2, 0) is 5.75 Å². The minimum atomic E-state index is -0.328. The highest BCUT2D eigenvalue weighted by atomic mass is 32.2. The molecule has 2 aromatic rings. The highest BCUT2D eigenvalue weighted by Crippen LogP contribution is 2.12. The molecule has 2 N–H and O–H groups in total. The minimum Gasteiger partial charge on any atom is -0.267 e. The molecule has 0 saturated carbocycles. The summed E-state index contributed by atoms with van der Waals surface area (Å²) in [5.41, 5.74) is 9.04. The molecule has 0 aliphatic carbocycles. The molecule has 4 nitrogen and oxygen atoms in total. The van der Waals surface area contributed by atoms with Gasteiger partial charge in [-0.15, -0.1) is 0 Å². The number of thioether (sulfide) groups is 1. The number of hydrazine groups is 1. The average Bonchev–Trinajstić information content (AvgIpc) is 2.53. The Morgan fingerprint density at radius 1 is 1.00 bits per heavy atom. The van der Waals surface area contributed by atoms with Crippen molar-refractivity contribution in [2.45, 2.75) is 19.6 Å². The van der Waals surface area contributed by atoms with E-state index in [9.17, 15) is 9.59 Å². The lowest BCUT2D eigenvalue weighted by atomic mass is 10.1. The van der Waals surface area contributed by atoms with E-state index in [1.807, 2.05) is 50.4 Å². The van der Waals surface area contributed by atoms with Gasteiger partial charge in [0.25, 0.3) is 11.8 Å². The molecule has 2 rings (SSSR count). The second-order valence-electron chi connectivity index (χ2n) is 5.36. The van der Waals surface area contributed by atoms with E-state index in [2.05, 4.69) is 10.9 Å². The first-order valence-corrected chi connectivity index (χ1v) is 8.66. The van der Waals surface area contributed by atoms with E-state index in [1.165, 1.54) is 0 Å². The van der Waals surface area contributed by atoms with Gasteiger partial charge < -0.3 is 0 Å². The Labute approximate surface area is 140 Å². The lowest BCUT2D eigenvalue weighted by molar-refractivity contribution is 0.0846. The van der Waals surface area contributed by atoms with E-state index in [4.69, 9.17) is 0 Å². The number of aryl methyl sites for hydroxylation is 2. The Balaban J connectivity index is 2.01. The monoisotopic (exact) mass is 328 g/mol. The van der Waals surface area contributed by atoms with Crippen molar-refractivity contribution in [2.75, 3.05) is 6.26 Å². The van der Waals surface area contributed by atoms with Gasteiger partial charge in [0.1, 0.15) is 0 Å². The van der Waals surface area contributed by atoms with Crippen molar-refractivity contribution in [3.05, 3.63) is 70.3 Å². The van der Waals surface area contributed by atoms with Gasteiger partial charge in [-0.05, 0) is 49.4 Å². The zero-order valence-corrected chi connectivity index (χ0v) is 14.3. The number of nitrogens with one attached hydrogen (secondary N) is 2. The molecule has 0 aliphatic rings. The molecule has 120 valence electrons. The van der Waals surface area contributed by atoms with Crippen LogP contribution in [0.15, 0.2) is 42.5 Å². The van der Waals surface area contributed by atoms with Gasteiger partial charge in [-0.3, -0.25) is 20.4 Å². The zero-order chi connectivity index (χ0) is 16.8. The van der Waals surface area contributed by atoms with Gasteiger partial charge in [0, 0.05) is 16.9 Å². The summed E-state index contributed by atoms with van der Waals surface area (Å²) in [6.07, 6.45) is 2.01. The Morgan fingerprint density at radius 3 is 2.43 bits per heavy atom. The number of carbonyl (C=O) groups is 2. The maximum Gasteiger partial charge on any atom is 0.269 e. The van der Waals surface area contributed by atoms with Crippen LogP contribution in [0.25, 0.3) is 0 Å². The molecule has 23 heavy (non-hydrogen) atoms. The maximum atomic E-state index is 12.2. The van der Waals surface area contributed by atoms with E-state index in [0.29, 0.717) is 11.1 Å². The van der Waals surface area contributed by atoms with Crippen LogP contribution in [0.3, 0.4) is 0 Å². The topological polar surface area (TPSA) is 58.2 Å². The summed E-state index contributed by atoms with van der Waals surface area (Å²) >= 11 is 1.69. The van der Waals surface area contributed by atoms with Crippen molar-refractivity contribution in [2.24, 2.45) is 0 Å². The van der Waals surface area contributed by atoms with E-state index in [0.717, 1.165) is 22.4 Å².